The number of aryl methyl sites for hydroxylation is 1. The van der Waals surface area contributed by atoms with Gasteiger partial charge in [0.2, 0.25) is 5.88 Å². The molecule has 0 radical (unpaired) electrons. The van der Waals surface area contributed by atoms with E-state index >= 15 is 0 Å². The molecule has 0 bridgehead atoms. The summed E-state index contributed by atoms with van der Waals surface area (Å²) in [6.07, 6.45) is -4.49. The molecule has 0 saturated carbocycles. The Morgan fingerprint density at radius 2 is 1.71 bits per heavy atom. The Hall–Kier alpha value is -2.61. The van der Waals surface area contributed by atoms with Crippen molar-refractivity contribution in [2.45, 2.75) is 26.3 Å². The average molecular weight is 453 g/mol. The zero-order chi connectivity index (χ0) is 20.3. The van der Waals surface area contributed by atoms with Crippen LogP contribution in [0.2, 0.25) is 0 Å². The normalized spacial score (nSPS) is 11.5. The second-order valence-electron chi connectivity index (χ2n) is 6.10. The lowest BCUT2D eigenvalue weighted by Gasteiger charge is -2.15. The number of ether oxygens (including phenoxy) is 1. The maximum atomic E-state index is 13.1. The van der Waals surface area contributed by atoms with Crippen LogP contribution in [0.25, 0.3) is 0 Å². The fourth-order valence-electron chi connectivity index (χ4n) is 2.73. The molecule has 0 unspecified atom stereocenters. The number of hydrogen-bond acceptors (Lipinski definition) is 3. The zero-order valence-corrected chi connectivity index (χ0v) is 16.4. The molecule has 0 aliphatic heterocycles. The lowest BCUT2D eigenvalue weighted by atomic mass is 10.1. The van der Waals surface area contributed by atoms with Crippen molar-refractivity contribution in [1.29, 1.82) is 0 Å². The summed E-state index contributed by atoms with van der Waals surface area (Å²) in [4.78, 5) is 16.9. The molecule has 1 heterocycles. The van der Waals surface area contributed by atoms with Gasteiger partial charge in [-0.1, -0.05) is 48.5 Å². The molecule has 4 nitrogen and oxygen atoms in total. The largest absolute Gasteiger partial charge is 0.472 e. The first-order valence-corrected chi connectivity index (χ1v) is 9.15. The minimum absolute atomic E-state index is 0.0326. The minimum atomic E-state index is -4.49. The third-order valence-corrected chi connectivity index (χ3v) is 4.82. The van der Waals surface area contributed by atoms with Gasteiger partial charge in [-0.3, -0.25) is 9.36 Å². The number of aromatic nitrogens is 2. The van der Waals surface area contributed by atoms with E-state index < -0.39 is 11.7 Å². The van der Waals surface area contributed by atoms with E-state index in [9.17, 15) is 18.0 Å². The van der Waals surface area contributed by atoms with E-state index in [1.807, 2.05) is 30.3 Å². The molecule has 146 valence electrons. The molecule has 0 aliphatic carbocycles. The Morgan fingerprint density at radius 3 is 2.39 bits per heavy atom. The Kier molecular flexibility index (Phi) is 5.88. The van der Waals surface area contributed by atoms with E-state index in [0.717, 1.165) is 11.6 Å². The van der Waals surface area contributed by atoms with Crippen molar-refractivity contribution < 1.29 is 17.9 Å². The Bertz CT molecular complexity index is 1030. The van der Waals surface area contributed by atoms with Crippen LogP contribution < -0.4 is 10.3 Å². The van der Waals surface area contributed by atoms with E-state index in [4.69, 9.17) is 4.74 Å². The molecule has 0 saturated heterocycles. The van der Waals surface area contributed by atoms with Gasteiger partial charge < -0.3 is 4.74 Å². The zero-order valence-electron chi connectivity index (χ0n) is 14.8. The Labute approximate surface area is 167 Å². The molecule has 2 aromatic carbocycles. The highest BCUT2D eigenvalue weighted by molar-refractivity contribution is 9.10. The SMILES string of the molecule is Cc1nc(OCc2ccccc2C(F)(F)F)c(Br)c(=O)n1Cc1ccccc1. The highest BCUT2D eigenvalue weighted by atomic mass is 79.9. The highest BCUT2D eigenvalue weighted by Gasteiger charge is 2.33. The fourth-order valence-corrected chi connectivity index (χ4v) is 3.15. The third kappa shape index (κ3) is 4.44. The standard InChI is InChI=1S/C20H16BrF3N2O2/c1-13-25-18(28-12-15-9-5-6-10-16(15)20(22,23)24)17(21)19(27)26(13)11-14-7-3-2-4-8-14/h2-10H,11-12H2,1H3. The van der Waals surface area contributed by atoms with Crippen molar-refractivity contribution in [3.63, 3.8) is 0 Å². The minimum Gasteiger partial charge on any atom is -0.472 e. The summed E-state index contributed by atoms with van der Waals surface area (Å²) >= 11 is 3.17. The number of hydrogen-bond donors (Lipinski definition) is 0. The molecular weight excluding hydrogens is 437 g/mol. The van der Waals surface area contributed by atoms with Gasteiger partial charge >= 0.3 is 6.18 Å². The van der Waals surface area contributed by atoms with Gasteiger partial charge in [-0.25, -0.2) is 0 Å². The Morgan fingerprint density at radius 1 is 1.07 bits per heavy atom. The number of alkyl halides is 3. The first kappa shape index (κ1) is 20.1. The third-order valence-electron chi connectivity index (χ3n) is 4.15. The second-order valence-corrected chi connectivity index (χ2v) is 6.89. The van der Waals surface area contributed by atoms with Crippen molar-refractivity contribution in [1.82, 2.24) is 9.55 Å². The summed E-state index contributed by atoms with van der Waals surface area (Å²) in [5, 5.41) is 0. The molecule has 0 atom stereocenters. The second kappa shape index (κ2) is 8.18. The average Bonchev–Trinajstić information content (AvgIpc) is 2.67. The maximum Gasteiger partial charge on any atom is 0.416 e. The van der Waals surface area contributed by atoms with Crippen LogP contribution in [0, 0.1) is 6.92 Å². The lowest BCUT2D eigenvalue weighted by molar-refractivity contribution is -0.138. The van der Waals surface area contributed by atoms with Gasteiger partial charge in [0.05, 0.1) is 12.1 Å². The Balaban J connectivity index is 1.86. The first-order valence-electron chi connectivity index (χ1n) is 8.36. The van der Waals surface area contributed by atoms with Crippen molar-refractivity contribution in [3.8, 4) is 5.88 Å². The van der Waals surface area contributed by atoms with Crippen molar-refractivity contribution in [2.24, 2.45) is 0 Å². The number of rotatable bonds is 5. The predicted octanol–water partition coefficient (Wildman–Crippen LogP) is 4.96. The predicted molar refractivity (Wildman–Crippen MR) is 102 cm³/mol. The van der Waals surface area contributed by atoms with Gasteiger partial charge in [0.1, 0.15) is 16.9 Å². The summed E-state index contributed by atoms with van der Waals surface area (Å²) in [7, 11) is 0. The van der Waals surface area contributed by atoms with Crippen LogP contribution in [0.1, 0.15) is 22.5 Å². The van der Waals surface area contributed by atoms with Gasteiger partial charge in [-0.2, -0.15) is 18.2 Å². The van der Waals surface area contributed by atoms with Gasteiger partial charge in [0, 0.05) is 5.56 Å². The van der Waals surface area contributed by atoms with Crippen LogP contribution >= 0.6 is 15.9 Å². The van der Waals surface area contributed by atoms with Crippen LogP contribution in [-0.2, 0) is 19.3 Å². The molecule has 0 amide bonds. The molecule has 0 spiro atoms. The van der Waals surface area contributed by atoms with Gasteiger partial charge in [-0.15, -0.1) is 0 Å². The van der Waals surface area contributed by atoms with E-state index in [0.29, 0.717) is 12.4 Å². The number of nitrogens with zero attached hydrogens (tertiary/aromatic N) is 2. The van der Waals surface area contributed by atoms with Crippen molar-refractivity contribution >= 4 is 15.9 Å². The molecule has 28 heavy (non-hydrogen) atoms. The van der Waals surface area contributed by atoms with Crippen LogP contribution in [0.15, 0.2) is 63.9 Å². The molecule has 0 N–H and O–H groups in total. The van der Waals surface area contributed by atoms with Crippen molar-refractivity contribution in [2.75, 3.05) is 0 Å². The molecule has 3 aromatic rings. The summed E-state index contributed by atoms with van der Waals surface area (Å²) in [5.41, 5.74) is -0.250. The van der Waals surface area contributed by atoms with E-state index in [1.165, 1.54) is 22.8 Å². The smallest absolute Gasteiger partial charge is 0.416 e. The van der Waals surface area contributed by atoms with Crippen LogP contribution in [0.3, 0.4) is 0 Å². The number of halogens is 4. The van der Waals surface area contributed by atoms with Gasteiger partial charge in [0.15, 0.2) is 0 Å². The van der Waals surface area contributed by atoms with Crippen LogP contribution in [0.4, 0.5) is 13.2 Å². The fraction of sp³-hybridized carbons (Fsp3) is 0.200. The summed E-state index contributed by atoms with van der Waals surface area (Å²) in [6, 6.07) is 14.5. The van der Waals surface area contributed by atoms with Crippen LogP contribution in [0.5, 0.6) is 5.88 Å². The molecule has 0 fully saturated rings. The molecule has 8 heteroatoms. The van der Waals surface area contributed by atoms with Crippen LogP contribution in [-0.4, -0.2) is 9.55 Å². The molecular formula is C20H16BrF3N2O2. The summed E-state index contributed by atoms with van der Waals surface area (Å²) in [5.74, 6) is 0.361. The van der Waals surface area contributed by atoms with E-state index in [1.54, 1.807) is 6.92 Å². The van der Waals surface area contributed by atoms with E-state index in [2.05, 4.69) is 20.9 Å². The quantitative estimate of drug-likeness (QED) is 0.549. The maximum absolute atomic E-state index is 13.1. The van der Waals surface area contributed by atoms with E-state index in [-0.39, 0.29) is 28.1 Å². The van der Waals surface area contributed by atoms with Crippen molar-refractivity contribution in [3.05, 3.63) is 91.9 Å². The summed E-state index contributed by atoms with van der Waals surface area (Å²) < 4.78 is 46.3. The molecule has 0 aliphatic rings. The summed E-state index contributed by atoms with van der Waals surface area (Å²) in [6.45, 7) is 1.62. The lowest BCUT2D eigenvalue weighted by Crippen LogP contribution is -2.26. The molecule has 3 rings (SSSR count). The monoisotopic (exact) mass is 452 g/mol. The number of benzene rings is 2. The topological polar surface area (TPSA) is 44.1 Å². The van der Waals surface area contributed by atoms with Gasteiger partial charge in [0.25, 0.3) is 5.56 Å². The molecule has 1 aromatic heterocycles. The first-order chi connectivity index (χ1) is 13.3. The van der Waals surface area contributed by atoms with Gasteiger partial charge in [-0.05, 0) is 34.5 Å². The highest BCUT2D eigenvalue weighted by Crippen LogP contribution is 2.32.